The molecule has 2 heterocycles. The molecule has 0 radical (unpaired) electrons. The van der Waals surface area contributed by atoms with Crippen LogP contribution in [0.25, 0.3) is 240 Å². The monoisotopic (exact) mass is 1310 g/mol. The van der Waals surface area contributed by atoms with Gasteiger partial charge in [0.05, 0.1) is 0 Å². The van der Waals surface area contributed by atoms with Crippen LogP contribution in [0.4, 0.5) is 0 Å². The number of fused-ring (bicyclic) bond motifs is 26. The van der Waals surface area contributed by atoms with Crippen molar-refractivity contribution in [1.29, 1.82) is 0 Å². The van der Waals surface area contributed by atoms with Gasteiger partial charge in [0.15, 0.2) is 0 Å². The Balaban J connectivity index is 0.602. The number of hydrogen-bond acceptors (Lipinski definition) is 2. The molecule has 0 aliphatic rings. The van der Waals surface area contributed by atoms with Crippen LogP contribution >= 0.6 is 0 Å². The van der Waals surface area contributed by atoms with Gasteiger partial charge < -0.3 is 8.83 Å². The van der Waals surface area contributed by atoms with Gasteiger partial charge in [0.2, 0.25) is 0 Å². The molecular weight excluding hydrogens is 1260 g/mol. The van der Waals surface area contributed by atoms with Gasteiger partial charge in [-0.3, -0.25) is 0 Å². The summed E-state index contributed by atoms with van der Waals surface area (Å²) in [6, 6.07) is 131. The van der Waals surface area contributed by atoms with E-state index in [0.717, 1.165) is 60.4 Å². The van der Waals surface area contributed by atoms with Gasteiger partial charge in [-0.2, -0.15) is 0 Å². The van der Waals surface area contributed by atoms with Crippen molar-refractivity contribution in [2.24, 2.45) is 0 Å². The molecule has 0 amide bonds. The normalized spacial score (nSPS) is 12.2. The Morgan fingerprint density at radius 1 is 0.144 bits per heavy atom. The van der Waals surface area contributed by atoms with Crippen molar-refractivity contribution in [3.05, 3.63) is 352 Å². The SMILES string of the molecule is c1ccc2c(c1)ccc1cc(-c3c4ccccc4c(-c4ccc5c(c4)oc4c6ccccc6c6c(-c7ccc8cc(-c9ccc(-c%10c%11ccccc%11c(-c%11ccc%12c(c%11)oc%11c%13ccccc%13c%13ccccc%13c%12%11)c%11ccccc%10%11)cc9)ccc8c7)cccc6c54)c4ccccc34)c3ccccc3c12. The fourth-order valence-electron chi connectivity index (χ4n) is 18.4. The van der Waals surface area contributed by atoms with E-state index in [2.05, 4.69) is 352 Å². The van der Waals surface area contributed by atoms with Crippen LogP contribution < -0.4 is 0 Å². The van der Waals surface area contributed by atoms with Crippen LogP contribution in [0.15, 0.2) is 361 Å². The molecule has 478 valence electrons. The van der Waals surface area contributed by atoms with Crippen molar-refractivity contribution in [2.45, 2.75) is 0 Å². The maximum atomic E-state index is 7.24. The topological polar surface area (TPSA) is 26.3 Å². The minimum Gasteiger partial charge on any atom is -0.455 e. The van der Waals surface area contributed by atoms with Crippen LogP contribution in [0, 0.1) is 0 Å². The van der Waals surface area contributed by atoms with Gasteiger partial charge in [0.25, 0.3) is 0 Å². The smallest absolute Gasteiger partial charge is 0.143 e. The van der Waals surface area contributed by atoms with E-state index in [9.17, 15) is 0 Å². The number of benzene rings is 21. The van der Waals surface area contributed by atoms with Crippen LogP contribution in [-0.4, -0.2) is 0 Å². The molecule has 0 aliphatic carbocycles. The van der Waals surface area contributed by atoms with Crippen molar-refractivity contribution in [1.82, 2.24) is 0 Å². The fourth-order valence-corrected chi connectivity index (χ4v) is 18.4. The standard InChI is InChI=1S/C102H58O2/c1-2-21-69-60(20-1)42-49-66-56-90(73-24-4-6-25-74(73)94(66)69)98-82-33-14-12-31-80(82)96(81-32-13-15-34-83(81)98)68-51-53-88-92(58-68)104-102-86-37-18-16-35-84(86)97-70(38-19-39-89(97)100(88)102)65-48-47-63-54-62(45-46-64(63)55-65)59-40-43-61(44-41-59)93-76-27-8-10-29-78(76)95(79-30-11-9-28-77(79)93)67-50-52-87-91(57-67)103-101-85-36-17-5-23-72(85)71-22-3-7-26-75(71)99(87)101/h1-58H. The van der Waals surface area contributed by atoms with Gasteiger partial charge in [0.1, 0.15) is 22.3 Å². The number of hydrogen-bond donors (Lipinski definition) is 0. The van der Waals surface area contributed by atoms with Crippen LogP contribution in [0.3, 0.4) is 0 Å². The van der Waals surface area contributed by atoms with Crippen LogP contribution in [-0.2, 0) is 0 Å². The van der Waals surface area contributed by atoms with Crippen molar-refractivity contribution >= 4 is 173 Å². The summed E-state index contributed by atoms with van der Waals surface area (Å²) in [5.41, 5.74) is 17.9. The zero-order valence-electron chi connectivity index (χ0n) is 56.3. The van der Waals surface area contributed by atoms with E-state index in [4.69, 9.17) is 8.83 Å². The highest BCUT2D eigenvalue weighted by Gasteiger charge is 2.25. The van der Waals surface area contributed by atoms with E-state index in [0.29, 0.717) is 0 Å². The summed E-state index contributed by atoms with van der Waals surface area (Å²) in [6.07, 6.45) is 0. The van der Waals surface area contributed by atoms with E-state index >= 15 is 0 Å². The summed E-state index contributed by atoms with van der Waals surface area (Å²) in [5.74, 6) is 0. The largest absolute Gasteiger partial charge is 0.455 e. The van der Waals surface area contributed by atoms with E-state index in [1.807, 2.05) is 0 Å². The van der Waals surface area contributed by atoms with Gasteiger partial charge in [0, 0.05) is 32.3 Å². The molecule has 0 atom stereocenters. The Morgan fingerprint density at radius 2 is 0.500 bits per heavy atom. The van der Waals surface area contributed by atoms with Crippen LogP contribution in [0.5, 0.6) is 0 Å². The van der Waals surface area contributed by atoms with E-state index < -0.39 is 0 Å². The lowest BCUT2D eigenvalue weighted by Gasteiger charge is -2.20. The number of furan rings is 2. The number of rotatable bonds is 6. The Kier molecular flexibility index (Phi) is 12.0. The summed E-state index contributed by atoms with van der Waals surface area (Å²) in [5, 5.41) is 33.7. The third kappa shape index (κ3) is 8.22. The molecule has 21 aromatic carbocycles. The lowest BCUT2D eigenvalue weighted by atomic mass is 9.83. The molecular formula is C102H58O2. The van der Waals surface area contributed by atoms with Crippen molar-refractivity contribution in [3.8, 4) is 66.8 Å². The van der Waals surface area contributed by atoms with Crippen molar-refractivity contribution < 1.29 is 8.83 Å². The third-order valence-electron chi connectivity index (χ3n) is 22.9. The maximum Gasteiger partial charge on any atom is 0.143 e. The molecule has 0 unspecified atom stereocenters. The first kappa shape index (κ1) is 57.1. The molecule has 0 saturated carbocycles. The maximum absolute atomic E-state index is 7.24. The first-order valence-electron chi connectivity index (χ1n) is 36.0. The molecule has 0 fully saturated rings. The first-order valence-corrected chi connectivity index (χ1v) is 36.0. The predicted octanol–water partition coefficient (Wildman–Crippen LogP) is 29.3. The Hall–Kier alpha value is -13.7. The quantitative estimate of drug-likeness (QED) is 0.123. The molecule has 2 nitrogen and oxygen atoms in total. The lowest BCUT2D eigenvalue weighted by molar-refractivity contribution is 0.672. The summed E-state index contributed by atoms with van der Waals surface area (Å²) in [7, 11) is 0. The summed E-state index contributed by atoms with van der Waals surface area (Å²) >= 11 is 0. The molecule has 0 bridgehead atoms. The molecule has 23 rings (SSSR count). The second-order valence-corrected chi connectivity index (χ2v) is 28.3. The highest BCUT2D eigenvalue weighted by Crippen LogP contribution is 2.52. The van der Waals surface area contributed by atoms with Gasteiger partial charge in [-0.15, -0.1) is 0 Å². The summed E-state index contributed by atoms with van der Waals surface area (Å²) in [4.78, 5) is 0. The molecule has 2 aromatic heterocycles. The van der Waals surface area contributed by atoms with Gasteiger partial charge >= 0.3 is 0 Å². The molecule has 0 spiro atoms. The van der Waals surface area contributed by atoms with E-state index in [-0.39, 0.29) is 0 Å². The van der Waals surface area contributed by atoms with Gasteiger partial charge in [-0.05, 0) is 228 Å². The molecule has 23 aromatic rings. The highest BCUT2D eigenvalue weighted by molar-refractivity contribution is 6.35. The fraction of sp³-hybridized carbons (Fsp3) is 0. The average molecular weight is 1320 g/mol. The van der Waals surface area contributed by atoms with Crippen molar-refractivity contribution in [3.63, 3.8) is 0 Å². The van der Waals surface area contributed by atoms with E-state index in [1.54, 1.807) is 0 Å². The highest BCUT2D eigenvalue weighted by atomic mass is 16.3. The molecule has 0 N–H and O–H groups in total. The second-order valence-electron chi connectivity index (χ2n) is 28.3. The Morgan fingerprint density at radius 3 is 1.06 bits per heavy atom. The van der Waals surface area contributed by atoms with Gasteiger partial charge in [-0.25, -0.2) is 0 Å². The van der Waals surface area contributed by atoms with Crippen LogP contribution in [0.1, 0.15) is 0 Å². The molecule has 2 heteroatoms. The minimum atomic E-state index is 0.871. The Labute approximate surface area is 596 Å². The lowest BCUT2D eigenvalue weighted by Crippen LogP contribution is -1.92. The molecule has 0 saturated heterocycles. The molecule has 0 aliphatic heterocycles. The minimum absolute atomic E-state index is 0.871. The zero-order valence-corrected chi connectivity index (χ0v) is 56.3. The molecule has 104 heavy (non-hydrogen) atoms. The summed E-state index contributed by atoms with van der Waals surface area (Å²) < 4.78 is 14.2. The average Bonchev–Trinajstić information content (AvgIpc) is 1.53. The summed E-state index contributed by atoms with van der Waals surface area (Å²) in [6.45, 7) is 0. The Bertz CT molecular complexity index is 7600. The predicted molar refractivity (Wildman–Crippen MR) is 444 cm³/mol. The second kappa shape index (κ2) is 21.9. The first-order chi connectivity index (χ1) is 51.6. The van der Waals surface area contributed by atoms with Crippen molar-refractivity contribution in [2.75, 3.05) is 0 Å². The van der Waals surface area contributed by atoms with Gasteiger partial charge in [-0.1, -0.05) is 309 Å². The van der Waals surface area contributed by atoms with Crippen LogP contribution in [0.2, 0.25) is 0 Å². The zero-order chi connectivity index (χ0) is 67.8. The van der Waals surface area contributed by atoms with E-state index in [1.165, 1.54) is 180 Å². The third-order valence-corrected chi connectivity index (χ3v) is 22.9.